The van der Waals surface area contributed by atoms with E-state index in [2.05, 4.69) is 15.0 Å². The molecule has 0 bridgehead atoms. The molecule has 0 aliphatic rings. The zero-order chi connectivity index (χ0) is 15.7. The third-order valence-electron chi connectivity index (χ3n) is 3.02. The Bertz CT molecular complexity index is 824. The summed E-state index contributed by atoms with van der Waals surface area (Å²) in [6, 6.07) is 5.59. The molecule has 0 radical (unpaired) electrons. The van der Waals surface area contributed by atoms with Crippen molar-refractivity contribution < 1.29 is 4.42 Å². The predicted octanol–water partition coefficient (Wildman–Crippen LogP) is 4.43. The van der Waals surface area contributed by atoms with Gasteiger partial charge < -0.3 is 10.2 Å². The zero-order valence-electron chi connectivity index (χ0n) is 11.9. The molecular formula is C14H13ClN4OS2. The van der Waals surface area contributed by atoms with Gasteiger partial charge in [0.25, 0.3) is 0 Å². The van der Waals surface area contributed by atoms with Crippen LogP contribution in [-0.4, -0.2) is 21.2 Å². The first-order chi connectivity index (χ1) is 10.6. The van der Waals surface area contributed by atoms with E-state index in [1.807, 2.05) is 25.3 Å². The molecular weight excluding hydrogens is 340 g/mol. The van der Waals surface area contributed by atoms with Crippen LogP contribution in [-0.2, 0) is 0 Å². The maximum atomic E-state index is 6.15. The van der Waals surface area contributed by atoms with Crippen molar-refractivity contribution in [3.63, 3.8) is 0 Å². The highest BCUT2D eigenvalue weighted by molar-refractivity contribution is 7.99. The zero-order valence-corrected chi connectivity index (χ0v) is 14.3. The standard InChI is InChI=1S/C14H13ClN4OS2/c1-7(22-14-18-10(16)6-11(19-14)21-2)9-5-8-3-4-20-12(8)13(15)17-9/h3-7H,1-2H3,(H2,16,18,19). The lowest BCUT2D eigenvalue weighted by molar-refractivity contribution is 0.614. The van der Waals surface area contributed by atoms with Crippen molar-refractivity contribution in [3.8, 4) is 0 Å². The number of thioether (sulfide) groups is 2. The van der Waals surface area contributed by atoms with E-state index in [4.69, 9.17) is 21.8 Å². The molecule has 3 rings (SSSR count). The van der Waals surface area contributed by atoms with Gasteiger partial charge in [-0.25, -0.2) is 15.0 Å². The quantitative estimate of drug-likeness (QED) is 0.322. The molecule has 1 atom stereocenters. The summed E-state index contributed by atoms with van der Waals surface area (Å²) in [7, 11) is 0. The van der Waals surface area contributed by atoms with E-state index in [1.54, 1.807) is 12.3 Å². The number of nitrogens with two attached hydrogens (primary N) is 1. The van der Waals surface area contributed by atoms with Gasteiger partial charge in [-0.15, -0.1) is 11.8 Å². The third-order valence-corrected chi connectivity index (χ3v) is 4.90. The summed E-state index contributed by atoms with van der Waals surface area (Å²) in [5.74, 6) is 0.463. The second-order valence-electron chi connectivity index (χ2n) is 4.55. The Kier molecular flexibility index (Phi) is 4.46. The van der Waals surface area contributed by atoms with Crippen LogP contribution >= 0.6 is 35.1 Å². The van der Waals surface area contributed by atoms with E-state index in [1.165, 1.54) is 23.5 Å². The molecule has 0 saturated heterocycles. The minimum atomic E-state index is 0.0355. The Hall–Kier alpha value is -1.44. The number of halogens is 1. The Morgan fingerprint density at radius 1 is 1.27 bits per heavy atom. The Labute approximate surface area is 141 Å². The van der Waals surface area contributed by atoms with E-state index in [-0.39, 0.29) is 5.25 Å². The lowest BCUT2D eigenvalue weighted by Crippen LogP contribution is -1.99. The van der Waals surface area contributed by atoms with Crippen LogP contribution in [0.4, 0.5) is 5.82 Å². The number of pyridine rings is 1. The Morgan fingerprint density at radius 3 is 2.86 bits per heavy atom. The molecule has 3 aromatic rings. The van der Waals surface area contributed by atoms with Crippen LogP contribution in [0.3, 0.4) is 0 Å². The average Bonchev–Trinajstić information content (AvgIpc) is 2.95. The maximum Gasteiger partial charge on any atom is 0.191 e. The summed E-state index contributed by atoms with van der Waals surface area (Å²) in [5, 5.41) is 2.80. The van der Waals surface area contributed by atoms with Gasteiger partial charge >= 0.3 is 0 Å². The van der Waals surface area contributed by atoms with Gasteiger partial charge in [0.1, 0.15) is 10.8 Å². The van der Waals surface area contributed by atoms with Gasteiger partial charge in [0.15, 0.2) is 15.9 Å². The number of nitrogen functional groups attached to an aromatic ring is 1. The molecule has 2 N–H and O–H groups in total. The second-order valence-corrected chi connectivity index (χ2v) is 7.05. The molecule has 0 fully saturated rings. The van der Waals surface area contributed by atoms with Gasteiger partial charge in [0.05, 0.1) is 17.2 Å². The number of anilines is 1. The van der Waals surface area contributed by atoms with E-state index < -0.39 is 0 Å². The van der Waals surface area contributed by atoms with Gasteiger partial charge in [-0.1, -0.05) is 23.4 Å². The molecule has 114 valence electrons. The fourth-order valence-corrected chi connectivity index (χ4v) is 3.55. The molecule has 0 amide bonds. The van der Waals surface area contributed by atoms with Crippen molar-refractivity contribution in [1.29, 1.82) is 0 Å². The summed E-state index contributed by atoms with van der Waals surface area (Å²) in [6.07, 6.45) is 3.55. The van der Waals surface area contributed by atoms with Crippen LogP contribution in [0.5, 0.6) is 0 Å². The fourth-order valence-electron chi connectivity index (χ4n) is 1.96. The number of rotatable bonds is 4. The highest BCUT2D eigenvalue weighted by atomic mass is 35.5. The SMILES string of the molecule is CSc1cc(N)nc(SC(C)c2cc3ccoc3c(Cl)n2)n1. The van der Waals surface area contributed by atoms with Gasteiger partial charge in [0.2, 0.25) is 0 Å². The Morgan fingerprint density at radius 2 is 2.09 bits per heavy atom. The maximum absolute atomic E-state index is 6.15. The first-order valence-corrected chi connectivity index (χ1v) is 8.94. The molecule has 0 aliphatic carbocycles. The first kappa shape index (κ1) is 15.5. The highest BCUT2D eigenvalue weighted by Gasteiger charge is 2.15. The summed E-state index contributed by atoms with van der Waals surface area (Å²) in [4.78, 5) is 13.1. The van der Waals surface area contributed by atoms with Crippen molar-refractivity contribution >= 4 is 51.9 Å². The first-order valence-electron chi connectivity index (χ1n) is 6.45. The van der Waals surface area contributed by atoms with Gasteiger partial charge in [-0.05, 0) is 25.3 Å². The molecule has 5 nitrogen and oxygen atoms in total. The smallest absolute Gasteiger partial charge is 0.191 e. The monoisotopic (exact) mass is 352 g/mol. The van der Waals surface area contributed by atoms with Gasteiger partial charge in [-0.3, -0.25) is 0 Å². The highest BCUT2D eigenvalue weighted by Crippen LogP contribution is 2.35. The molecule has 0 spiro atoms. The predicted molar refractivity (Wildman–Crippen MR) is 91.5 cm³/mol. The van der Waals surface area contributed by atoms with Crippen LogP contribution < -0.4 is 5.73 Å². The fraction of sp³-hybridized carbons (Fsp3) is 0.214. The van der Waals surface area contributed by atoms with Crippen LogP contribution in [0, 0.1) is 0 Å². The summed E-state index contributed by atoms with van der Waals surface area (Å²) in [5.41, 5.74) is 7.26. The number of hydrogen-bond acceptors (Lipinski definition) is 7. The summed E-state index contributed by atoms with van der Waals surface area (Å²) in [6.45, 7) is 2.03. The normalized spacial score (nSPS) is 12.7. The van der Waals surface area contributed by atoms with Crippen LogP contribution in [0.1, 0.15) is 17.9 Å². The van der Waals surface area contributed by atoms with Crippen LogP contribution in [0.2, 0.25) is 5.15 Å². The van der Waals surface area contributed by atoms with Crippen molar-refractivity contribution in [3.05, 3.63) is 35.3 Å². The number of aromatic nitrogens is 3. The van der Waals surface area contributed by atoms with Crippen molar-refractivity contribution in [1.82, 2.24) is 15.0 Å². The molecule has 22 heavy (non-hydrogen) atoms. The summed E-state index contributed by atoms with van der Waals surface area (Å²) < 4.78 is 5.30. The summed E-state index contributed by atoms with van der Waals surface area (Å²) >= 11 is 9.18. The molecule has 0 aliphatic heterocycles. The molecule has 8 heteroatoms. The van der Waals surface area contributed by atoms with E-state index >= 15 is 0 Å². The lowest BCUT2D eigenvalue weighted by atomic mass is 10.2. The molecule has 1 unspecified atom stereocenters. The largest absolute Gasteiger partial charge is 0.461 e. The van der Waals surface area contributed by atoms with Gasteiger partial charge in [-0.2, -0.15) is 0 Å². The molecule has 0 saturated carbocycles. The molecule has 0 aromatic carbocycles. The molecule has 3 heterocycles. The Balaban J connectivity index is 1.89. The topological polar surface area (TPSA) is 77.8 Å². The van der Waals surface area contributed by atoms with E-state index in [0.29, 0.717) is 21.7 Å². The average molecular weight is 353 g/mol. The van der Waals surface area contributed by atoms with Crippen LogP contribution in [0.25, 0.3) is 11.0 Å². The van der Waals surface area contributed by atoms with Crippen molar-refractivity contribution in [2.24, 2.45) is 0 Å². The minimum absolute atomic E-state index is 0.0355. The minimum Gasteiger partial charge on any atom is -0.461 e. The number of fused-ring (bicyclic) bond motifs is 1. The number of furan rings is 1. The number of nitrogens with zero attached hydrogens (tertiary/aromatic N) is 3. The molecule has 3 aromatic heterocycles. The van der Waals surface area contributed by atoms with E-state index in [9.17, 15) is 0 Å². The van der Waals surface area contributed by atoms with Gasteiger partial charge in [0, 0.05) is 11.5 Å². The van der Waals surface area contributed by atoms with Crippen molar-refractivity contribution in [2.45, 2.75) is 22.4 Å². The lowest BCUT2D eigenvalue weighted by Gasteiger charge is -2.11. The third kappa shape index (κ3) is 3.16. The second kappa shape index (κ2) is 6.36. The van der Waals surface area contributed by atoms with E-state index in [0.717, 1.165) is 16.1 Å². The van der Waals surface area contributed by atoms with Crippen molar-refractivity contribution in [2.75, 3.05) is 12.0 Å². The van der Waals surface area contributed by atoms with Crippen LogP contribution in [0.15, 0.2) is 39.1 Å². The number of hydrogen-bond donors (Lipinski definition) is 1.